The van der Waals surface area contributed by atoms with Crippen molar-refractivity contribution in [2.24, 2.45) is 0 Å². The summed E-state index contributed by atoms with van der Waals surface area (Å²) in [5.41, 5.74) is 7.42. The monoisotopic (exact) mass is 205 g/mol. The molecule has 3 nitrogen and oxygen atoms in total. The molecule has 2 atom stereocenters. The van der Waals surface area contributed by atoms with Gasteiger partial charge in [-0.05, 0) is 24.5 Å². The normalized spacial score (nSPS) is 26.6. The second kappa shape index (κ2) is 4.03. The lowest BCUT2D eigenvalue weighted by Gasteiger charge is -2.25. The predicted molar refractivity (Wildman–Crippen MR) is 58.5 cm³/mol. The quantitative estimate of drug-likeness (QED) is 0.682. The number of ketones is 1. The number of anilines is 1. The highest BCUT2D eigenvalue weighted by Crippen LogP contribution is 2.32. The van der Waals surface area contributed by atoms with Crippen molar-refractivity contribution in [3.63, 3.8) is 0 Å². The van der Waals surface area contributed by atoms with Gasteiger partial charge in [0.15, 0.2) is 0 Å². The Labute approximate surface area is 88.9 Å². The summed E-state index contributed by atoms with van der Waals surface area (Å²) in [6.07, 6.45) is 1.19. The first-order valence-corrected chi connectivity index (χ1v) is 5.23. The molecule has 3 N–H and O–H groups in total. The summed E-state index contributed by atoms with van der Waals surface area (Å²) < 4.78 is 0. The number of Topliss-reactive ketones (excluding diaryl/α,β-unsaturated/α-hetero) is 1. The average molecular weight is 205 g/mol. The molecule has 1 aliphatic carbocycles. The molecule has 1 unspecified atom stereocenters. The van der Waals surface area contributed by atoms with Crippen LogP contribution >= 0.6 is 0 Å². The summed E-state index contributed by atoms with van der Waals surface area (Å²) >= 11 is 0. The number of nitrogen functional groups attached to an aromatic ring is 1. The van der Waals surface area contributed by atoms with E-state index in [0.29, 0.717) is 18.5 Å². The third-order valence-electron chi connectivity index (χ3n) is 2.99. The summed E-state index contributed by atoms with van der Waals surface area (Å²) in [6, 6.07) is 7.47. The second-order valence-electron chi connectivity index (χ2n) is 4.08. The lowest BCUT2D eigenvalue weighted by Crippen LogP contribution is -2.26. The molecule has 1 aromatic carbocycles. The minimum absolute atomic E-state index is 0.103. The molecule has 0 amide bonds. The number of carbonyl (C=O) groups excluding carboxylic acids is 1. The van der Waals surface area contributed by atoms with Gasteiger partial charge in [0, 0.05) is 18.0 Å². The Balaban J connectivity index is 2.24. The fourth-order valence-electron chi connectivity index (χ4n) is 2.15. The molecule has 1 aliphatic rings. The third kappa shape index (κ3) is 2.02. The molecule has 0 heterocycles. The average Bonchev–Trinajstić information content (AvgIpc) is 2.20. The molecule has 1 fully saturated rings. The molecule has 0 aliphatic heterocycles. The minimum Gasteiger partial charge on any atom is -0.398 e. The van der Waals surface area contributed by atoms with E-state index < -0.39 is 6.10 Å². The molecule has 1 saturated carbocycles. The van der Waals surface area contributed by atoms with Gasteiger partial charge in [-0.25, -0.2) is 0 Å². The number of aliphatic hydroxyl groups excluding tert-OH is 1. The molecule has 0 bridgehead atoms. The minimum atomic E-state index is -0.460. The first-order valence-electron chi connectivity index (χ1n) is 5.23. The largest absolute Gasteiger partial charge is 0.398 e. The Morgan fingerprint density at radius 3 is 2.67 bits per heavy atom. The Morgan fingerprint density at radius 1 is 1.27 bits per heavy atom. The number of para-hydroxylation sites is 1. The molecule has 0 aromatic heterocycles. The summed E-state index contributed by atoms with van der Waals surface area (Å²) in [4.78, 5) is 11.7. The summed E-state index contributed by atoms with van der Waals surface area (Å²) in [5.74, 6) is -0.0127. The third-order valence-corrected chi connectivity index (χ3v) is 2.99. The molecule has 0 radical (unpaired) electrons. The maximum Gasteiger partial charge on any atom is 0.142 e. The predicted octanol–water partition coefficient (Wildman–Crippen LogP) is 1.47. The van der Waals surface area contributed by atoms with Gasteiger partial charge < -0.3 is 10.8 Å². The van der Waals surface area contributed by atoms with Gasteiger partial charge >= 0.3 is 0 Å². The van der Waals surface area contributed by atoms with E-state index in [2.05, 4.69) is 0 Å². The number of aliphatic hydroxyl groups is 1. The maximum absolute atomic E-state index is 11.7. The van der Waals surface area contributed by atoms with Gasteiger partial charge in [-0.3, -0.25) is 4.79 Å². The summed E-state index contributed by atoms with van der Waals surface area (Å²) in [6.45, 7) is 0. The number of carbonyl (C=O) groups is 1. The molecule has 0 saturated heterocycles. The van der Waals surface area contributed by atoms with E-state index in [1.54, 1.807) is 0 Å². The standard InChI is InChI=1S/C12H15NO2/c13-11-4-2-1-3-9(11)10-6-5-8(14)7-12(10)15/h1-4,8,10,14H,5-7,13H2/t8-,10?/m0/s1. The van der Waals surface area contributed by atoms with Crippen molar-refractivity contribution in [3.8, 4) is 0 Å². The number of nitrogens with two attached hydrogens (primary N) is 1. The van der Waals surface area contributed by atoms with Crippen LogP contribution in [0.15, 0.2) is 24.3 Å². The van der Waals surface area contributed by atoms with Crippen LogP contribution < -0.4 is 5.73 Å². The second-order valence-corrected chi connectivity index (χ2v) is 4.08. The zero-order valence-electron chi connectivity index (χ0n) is 8.52. The van der Waals surface area contributed by atoms with Crippen LogP contribution in [0.2, 0.25) is 0 Å². The van der Waals surface area contributed by atoms with E-state index in [1.165, 1.54) is 0 Å². The molecule has 80 valence electrons. The van der Waals surface area contributed by atoms with Crippen LogP contribution in [0.3, 0.4) is 0 Å². The molecule has 2 rings (SSSR count). The van der Waals surface area contributed by atoms with Gasteiger partial charge in [-0.1, -0.05) is 18.2 Å². The van der Waals surface area contributed by atoms with Crippen LogP contribution in [0.5, 0.6) is 0 Å². The van der Waals surface area contributed by atoms with Crippen molar-refractivity contribution >= 4 is 11.5 Å². The Bertz CT molecular complexity index is 376. The van der Waals surface area contributed by atoms with Crippen LogP contribution in [0.1, 0.15) is 30.7 Å². The fourth-order valence-corrected chi connectivity index (χ4v) is 2.15. The first kappa shape index (κ1) is 10.2. The van der Waals surface area contributed by atoms with Crippen LogP contribution in [0.4, 0.5) is 5.69 Å². The van der Waals surface area contributed by atoms with E-state index in [4.69, 9.17) is 5.73 Å². The van der Waals surface area contributed by atoms with E-state index in [9.17, 15) is 9.90 Å². The molecular weight excluding hydrogens is 190 g/mol. The van der Waals surface area contributed by atoms with Crippen LogP contribution in [0.25, 0.3) is 0 Å². The van der Waals surface area contributed by atoms with Gasteiger partial charge in [0.2, 0.25) is 0 Å². The van der Waals surface area contributed by atoms with Crippen LogP contribution in [-0.4, -0.2) is 17.0 Å². The van der Waals surface area contributed by atoms with Gasteiger partial charge in [0.05, 0.1) is 6.10 Å². The molecule has 3 heteroatoms. The van der Waals surface area contributed by atoms with Crippen LogP contribution in [-0.2, 0) is 4.79 Å². The van der Waals surface area contributed by atoms with Gasteiger partial charge in [-0.15, -0.1) is 0 Å². The SMILES string of the molecule is Nc1ccccc1C1CC[C@H](O)CC1=O. The molecule has 15 heavy (non-hydrogen) atoms. The fraction of sp³-hybridized carbons (Fsp3) is 0.417. The number of rotatable bonds is 1. The van der Waals surface area contributed by atoms with Crippen molar-refractivity contribution in [3.05, 3.63) is 29.8 Å². The topological polar surface area (TPSA) is 63.3 Å². The van der Waals surface area contributed by atoms with Gasteiger partial charge in [0.1, 0.15) is 5.78 Å². The molecule has 0 spiro atoms. The van der Waals surface area contributed by atoms with Gasteiger partial charge in [0.25, 0.3) is 0 Å². The summed E-state index contributed by atoms with van der Waals surface area (Å²) in [5, 5.41) is 9.36. The van der Waals surface area contributed by atoms with E-state index in [0.717, 1.165) is 5.56 Å². The Hall–Kier alpha value is -1.35. The zero-order chi connectivity index (χ0) is 10.8. The first-order chi connectivity index (χ1) is 7.18. The Morgan fingerprint density at radius 2 is 2.00 bits per heavy atom. The highest BCUT2D eigenvalue weighted by molar-refractivity contribution is 5.88. The van der Waals surface area contributed by atoms with Crippen molar-refractivity contribution in [1.82, 2.24) is 0 Å². The highest BCUT2D eigenvalue weighted by atomic mass is 16.3. The van der Waals surface area contributed by atoms with Crippen molar-refractivity contribution in [1.29, 1.82) is 0 Å². The highest BCUT2D eigenvalue weighted by Gasteiger charge is 2.29. The lowest BCUT2D eigenvalue weighted by molar-refractivity contribution is -0.124. The lowest BCUT2D eigenvalue weighted by atomic mass is 9.81. The number of hydrogen-bond acceptors (Lipinski definition) is 3. The number of benzene rings is 1. The van der Waals surface area contributed by atoms with E-state index in [-0.39, 0.29) is 18.1 Å². The van der Waals surface area contributed by atoms with Crippen molar-refractivity contribution < 1.29 is 9.90 Å². The smallest absolute Gasteiger partial charge is 0.142 e. The van der Waals surface area contributed by atoms with Gasteiger partial charge in [-0.2, -0.15) is 0 Å². The van der Waals surface area contributed by atoms with E-state index in [1.807, 2.05) is 24.3 Å². The van der Waals surface area contributed by atoms with Crippen LogP contribution in [0, 0.1) is 0 Å². The maximum atomic E-state index is 11.7. The van der Waals surface area contributed by atoms with Crippen molar-refractivity contribution in [2.45, 2.75) is 31.3 Å². The Kier molecular flexibility index (Phi) is 2.73. The molecular formula is C12H15NO2. The number of hydrogen-bond donors (Lipinski definition) is 2. The van der Waals surface area contributed by atoms with E-state index >= 15 is 0 Å². The van der Waals surface area contributed by atoms with Crippen molar-refractivity contribution in [2.75, 3.05) is 5.73 Å². The summed E-state index contributed by atoms with van der Waals surface area (Å²) in [7, 11) is 0. The zero-order valence-corrected chi connectivity index (χ0v) is 8.52. The molecule has 1 aromatic rings.